The molecule has 2 unspecified atom stereocenters. The first-order valence-electron chi connectivity index (χ1n) is 5.91. The van der Waals surface area contributed by atoms with Crippen LogP contribution in [-0.2, 0) is 14.6 Å². The molecule has 0 aromatic rings. The number of carbonyl (C=O) groups excluding carboxylic acids is 1. The second-order valence-corrected chi connectivity index (χ2v) is 6.97. The summed E-state index contributed by atoms with van der Waals surface area (Å²) in [7, 11) is -3.04. The van der Waals surface area contributed by atoms with Crippen molar-refractivity contribution < 1.29 is 13.2 Å². The highest BCUT2D eigenvalue weighted by Gasteiger charge is 2.13. The van der Waals surface area contributed by atoms with E-state index in [2.05, 4.69) is 12.2 Å². The van der Waals surface area contributed by atoms with Crippen molar-refractivity contribution >= 4 is 15.7 Å². The highest BCUT2D eigenvalue weighted by Crippen LogP contribution is 2.08. The lowest BCUT2D eigenvalue weighted by Gasteiger charge is -2.14. The Kier molecular flexibility index (Phi) is 7.38. The molecule has 0 fully saturated rings. The number of amides is 1. The first kappa shape index (κ1) is 16.4. The summed E-state index contributed by atoms with van der Waals surface area (Å²) in [4.78, 5) is 11.5. The topological polar surface area (TPSA) is 89.3 Å². The second kappa shape index (κ2) is 7.66. The van der Waals surface area contributed by atoms with Crippen LogP contribution in [-0.4, -0.2) is 38.9 Å². The average Bonchev–Trinajstić information content (AvgIpc) is 2.12. The SMILES string of the molecule is CC(CCN)CCC(=O)NC(C)CS(C)(=O)=O. The van der Waals surface area contributed by atoms with E-state index in [0.717, 1.165) is 12.8 Å². The van der Waals surface area contributed by atoms with E-state index in [0.29, 0.717) is 18.9 Å². The van der Waals surface area contributed by atoms with E-state index in [1.807, 2.05) is 0 Å². The Balaban J connectivity index is 3.86. The summed E-state index contributed by atoms with van der Waals surface area (Å²) < 4.78 is 22.0. The molecular formula is C11H24N2O3S. The fourth-order valence-electron chi connectivity index (χ4n) is 1.65. The van der Waals surface area contributed by atoms with Crippen LogP contribution in [0.15, 0.2) is 0 Å². The van der Waals surface area contributed by atoms with Crippen molar-refractivity contribution in [2.75, 3.05) is 18.6 Å². The molecule has 1 amide bonds. The van der Waals surface area contributed by atoms with Crippen LogP contribution in [0.4, 0.5) is 0 Å². The Labute approximate surface area is 104 Å². The molecule has 102 valence electrons. The highest BCUT2D eigenvalue weighted by atomic mass is 32.2. The lowest BCUT2D eigenvalue weighted by atomic mass is 10.0. The molecule has 5 nitrogen and oxygen atoms in total. The van der Waals surface area contributed by atoms with Crippen molar-refractivity contribution in [1.29, 1.82) is 0 Å². The van der Waals surface area contributed by atoms with Gasteiger partial charge in [0.15, 0.2) is 0 Å². The Hall–Kier alpha value is -0.620. The third-order valence-corrected chi connectivity index (χ3v) is 3.59. The molecule has 3 N–H and O–H groups in total. The van der Waals surface area contributed by atoms with Crippen molar-refractivity contribution in [2.45, 2.75) is 39.2 Å². The maximum atomic E-state index is 11.5. The standard InChI is InChI=1S/C11H24N2O3S/c1-9(6-7-12)4-5-11(14)13-10(2)8-17(3,15)16/h9-10H,4-8,12H2,1-3H3,(H,13,14). The van der Waals surface area contributed by atoms with Gasteiger partial charge in [0, 0.05) is 18.7 Å². The van der Waals surface area contributed by atoms with E-state index < -0.39 is 9.84 Å². The van der Waals surface area contributed by atoms with Crippen LogP contribution in [0.25, 0.3) is 0 Å². The zero-order chi connectivity index (χ0) is 13.5. The summed E-state index contributed by atoms with van der Waals surface area (Å²) >= 11 is 0. The van der Waals surface area contributed by atoms with Gasteiger partial charge in [-0.25, -0.2) is 8.42 Å². The van der Waals surface area contributed by atoms with Gasteiger partial charge in [-0.1, -0.05) is 6.92 Å². The van der Waals surface area contributed by atoms with E-state index in [9.17, 15) is 13.2 Å². The second-order valence-electron chi connectivity index (χ2n) is 4.78. The normalized spacial score (nSPS) is 15.3. The predicted molar refractivity (Wildman–Crippen MR) is 69.4 cm³/mol. The summed E-state index contributed by atoms with van der Waals surface area (Å²) in [6.07, 6.45) is 3.29. The van der Waals surface area contributed by atoms with Gasteiger partial charge >= 0.3 is 0 Å². The Morgan fingerprint density at radius 2 is 1.88 bits per heavy atom. The minimum absolute atomic E-state index is 0.0168. The molecule has 0 radical (unpaired) electrons. The molecule has 0 aliphatic heterocycles. The van der Waals surface area contributed by atoms with Crippen molar-refractivity contribution in [3.05, 3.63) is 0 Å². The van der Waals surface area contributed by atoms with Crippen molar-refractivity contribution in [3.8, 4) is 0 Å². The van der Waals surface area contributed by atoms with Crippen LogP contribution in [0.5, 0.6) is 0 Å². The fraction of sp³-hybridized carbons (Fsp3) is 0.909. The van der Waals surface area contributed by atoms with Crippen molar-refractivity contribution in [3.63, 3.8) is 0 Å². The van der Waals surface area contributed by atoms with Crippen molar-refractivity contribution in [1.82, 2.24) is 5.32 Å². The number of hydrogen-bond acceptors (Lipinski definition) is 4. The molecule has 0 heterocycles. The molecule has 0 spiro atoms. The number of sulfone groups is 1. The molecule has 0 rings (SSSR count). The molecule has 6 heteroatoms. The zero-order valence-electron chi connectivity index (χ0n) is 10.9. The Morgan fingerprint density at radius 3 is 2.35 bits per heavy atom. The summed E-state index contributed by atoms with van der Waals surface area (Å²) in [6.45, 7) is 4.38. The van der Waals surface area contributed by atoms with Crippen LogP contribution in [0, 0.1) is 5.92 Å². The molecule has 0 aromatic carbocycles. The number of hydrogen-bond donors (Lipinski definition) is 2. The van der Waals surface area contributed by atoms with Crippen LogP contribution in [0.1, 0.15) is 33.1 Å². The Bertz CT molecular complexity index is 328. The molecule has 0 saturated heterocycles. The van der Waals surface area contributed by atoms with Gasteiger partial charge in [-0.2, -0.15) is 0 Å². The number of nitrogens with one attached hydrogen (secondary N) is 1. The third kappa shape index (κ3) is 10.3. The van der Waals surface area contributed by atoms with Gasteiger partial charge in [0.1, 0.15) is 9.84 Å². The molecule has 17 heavy (non-hydrogen) atoms. The smallest absolute Gasteiger partial charge is 0.220 e. The number of carbonyl (C=O) groups is 1. The monoisotopic (exact) mass is 264 g/mol. The van der Waals surface area contributed by atoms with Crippen molar-refractivity contribution in [2.24, 2.45) is 11.7 Å². The fourth-order valence-corrected chi connectivity index (χ4v) is 2.64. The van der Waals surface area contributed by atoms with Crippen LogP contribution in [0.2, 0.25) is 0 Å². The van der Waals surface area contributed by atoms with Gasteiger partial charge in [-0.3, -0.25) is 4.79 Å². The third-order valence-electron chi connectivity index (χ3n) is 2.48. The van der Waals surface area contributed by atoms with Gasteiger partial charge in [0.2, 0.25) is 5.91 Å². The summed E-state index contributed by atoms with van der Waals surface area (Å²) in [5.74, 6) is 0.317. The molecule has 0 saturated carbocycles. The lowest BCUT2D eigenvalue weighted by molar-refractivity contribution is -0.121. The summed E-state index contributed by atoms with van der Waals surface area (Å²) in [5.41, 5.74) is 5.42. The van der Waals surface area contributed by atoms with E-state index in [4.69, 9.17) is 5.73 Å². The van der Waals surface area contributed by atoms with Gasteiger partial charge in [0.25, 0.3) is 0 Å². The maximum Gasteiger partial charge on any atom is 0.220 e. The van der Waals surface area contributed by atoms with Crippen LogP contribution < -0.4 is 11.1 Å². The summed E-state index contributed by atoms with van der Waals surface area (Å²) in [6, 6.07) is -0.331. The molecule has 0 aliphatic carbocycles. The maximum absolute atomic E-state index is 11.5. The molecule has 2 atom stereocenters. The quantitative estimate of drug-likeness (QED) is 0.660. The van der Waals surface area contributed by atoms with E-state index in [-0.39, 0.29) is 17.7 Å². The first-order chi connectivity index (χ1) is 7.74. The largest absolute Gasteiger partial charge is 0.353 e. The van der Waals surface area contributed by atoms with E-state index >= 15 is 0 Å². The molecule has 0 aliphatic rings. The summed E-state index contributed by atoms with van der Waals surface area (Å²) in [5, 5.41) is 2.68. The Morgan fingerprint density at radius 1 is 1.29 bits per heavy atom. The van der Waals surface area contributed by atoms with Crippen LogP contribution in [0.3, 0.4) is 0 Å². The molecular weight excluding hydrogens is 240 g/mol. The van der Waals surface area contributed by atoms with Gasteiger partial charge in [0.05, 0.1) is 5.75 Å². The molecule has 0 bridgehead atoms. The number of rotatable bonds is 8. The van der Waals surface area contributed by atoms with Gasteiger partial charge in [-0.05, 0) is 32.2 Å². The van der Waals surface area contributed by atoms with Gasteiger partial charge < -0.3 is 11.1 Å². The van der Waals surface area contributed by atoms with E-state index in [1.54, 1.807) is 6.92 Å². The molecule has 0 aromatic heterocycles. The minimum atomic E-state index is -3.04. The number of nitrogens with two attached hydrogens (primary N) is 1. The van der Waals surface area contributed by atoms with Crippen LogP contribution >= 0.6 is 0 Å². The van der Waals surface area contributed by atoms with Gasteiger partial charge in [-0.15, -0.1) is 0 Å². The first-order valence-corrected chi connectivity index (χ1v) is 7.97. The lowest BCUT2D eigenvalue weighted by Crippen LogP contribution is -2.37. The average molecular weight is 264 g/mol. The minimum Gasteiger partial charge on any atom is -0.353 e. The van der Waals surface area contributed by atoms with E-state index in [1.165, 1.54) is 6.26 Å². The predicted octanol–water partition coefficient (Wildman–Crippen LogP) is 0.301. The zero-order valence-corrected chi connectivity index (χ0v) is 11.7. The highest BCUT2D eigenvalue weighted by molar-refractivity contribution is 7.90.